The van der Waals surface area contributed by atoms with Gasteiger partial charge in [-0.05, 0) is 30.9 Å². The van der Waals surface area contributed by atoms with Gasteiger partial charge in [0, 0.05) is 18.0 Å². The van der Waals surface area contributed by atoms with Crippen molar-refractivity contribution in [1.29, 1.82) is 0 Å². The molecule has 1 aliphatic rings. The molecule has 1 aromatic heterocycles. The molecule has 0 spiro atoms. The van der Waals surface area contributed by atoms with Gasteiger partial charge in [0.05, 0.1) is 0 Å². The Morgan fingerprint density at radius 2 is 2.53 bits per heavy atom. The van der Waals surface area contributed by atoms with Crippen LogP contribution in [0.3, 0.4) is 0 Å². The summed E-state index contributed by atoms with van der Waals surface area (Å²) in [5.74, 6) is -0.113. The fraction of sp³-hybridized carbons (Fsp3) is 0.667. The van der Waals surface area contributed by atoms with Gasteiger partial charge >= 0.3 is 0 Å². The average Bonchev–Trinajstić information content (AvgIpc) is 2.65. The largest absolute Gasteiger partial charge is 0.347 e. The predicted octanol–water partition coefficient (Wildman–Crippen LogP) is 0.410. The summed E-state index contributed by atoms with van der Waals surface area (Å²) in [6.45, 7) is 1.90. The molecule has 1 amide bonds. The van der Waals surface area contributed by atoms with Gasteiger partial charge in [-0.3, -0.25) is 4.79 Å². The Labute approximate surface area is 92.4 Å². The molecule has 82 valence electrons. The fourth-order valence-corrected chi connectivity index (χ4v) is 2.10. The van der Waals surface area contributed by atoms with E-state index in [9.17, 15) is 4.79 Å². The third-order valence-electron chi connectivity index (χ3n) is 2.47. The van der Waals surface area contributed by atoms with E-state index in [2.05, 4.69) is 20.2 Å². The van der Waals surface area contributed by atoms with Gasteiger partial charge in [0.1, 0.15) is 0 Å². The number of rotatable bonds is 2. The van der Waals surface area contributed by atoms with Crippen molar-refractivity contribution in [2.24, 2.45) is 0 Å². The molecule has 1 unspecified atom stereocenters. The van der Waals surface area contributed by atoms with Crippen molar-refractivity contribution >= 4 is 17.4 Å². The molecule has 6 heteroatoms. The number of carbonyl (C=O) groups is 1. The van der Waals surface area contributed by atoms with Crippen molar-refractivity contribution in [3.05, 3.63) is 11.1 Å². The summed E-state index contributed by atoms with van der Waals surface area (Å²) in [6.07, 6.45) is 3.38. The van der Waals surface area contributed by atoms with Crippen LogP contribution in [0, 0.1) is 0 Å². The first-order valence-corrected chi connectivity index (χ1v) is 5.98. The molecule has 0 aliphatic carbocycles. The van der Waals surface area contributed by atoms with E-state index in [0.29, 0.717) is 5.69 Å². The number of nitrogens with one attached hydrogen (secondary N) is 2. The Kier molecular flexibility index (Phi) is 3.63. The van der Waals surface area contributed by atoms with Crippen molar-refractivity contribution in [1.82, 2.24) is 20.2 Å². The summed E-state index contributed by atoms with van der Waals surface area (Å²) in [5.41, 5.74) is 0.421. The third kappa shape index (κ3) is 2.97. The number of nitrogens with zero attached hydrogens (tertiary/aromatic N) is 2. The number of amides is 1. The van der Waals surface area contributed by atoms with Crippen LogP contribution >= 0.6 is 11.5 Å². The molecule has 5 nitrogen and oxygen atoms in total. The molecule has 1 saturated heterocycles. The molecular weight excluding hydrogens is 212 g/mol. The minimum Gasteiger partial charge on any atom is -0.347 e. The van der Waals surface area contributed by atoms with E-state index in [1.807, 2.05) is 0 Å². The molecule has 15 heavy (non-hydrogen) atoms. The highest BCUT2D eigenvalue weighted by atomic mass is 32.1. The van der Waals surface area contributed by atoms with Gasteiger partial charge in [0.2, 0.25) is 0 Å². The van der Waals surface area contributed by atoms with Crippen LogP contribution in [0.1, 0.15) is 29.8 Å². The summed E-state index contributed by atoms with van der Waals surface area (Å²) in [6, 6.07) is 0.224. The normalized spacial score (nSPS) is 22.0. The Balaban J connectivity index is 1.87. The maximum atomic E-state index is 11.7. The van der Waals surface area contributed by atoms with Crippen LogP contribution in [0.25, 0.3) is 0 Å². The smallest absolute Gasteiger partial charge is 0.272 e. The number of carbonyl (C=O) groups excluding carboxylic acids is 1. The summed E-state index contributed by atoms with van der Waals surface area (Å²) in [5, 5.41) is 11.7. The molecule has 2 N–H and O–H groups in total. The number of hydrogen-bond donors (Lipinski definition) is 2. The van der Waals surface area contributed by atoms with Crippen LogP contribution in [0.5, 0.6) is 0 Å². The van der Waals surface area contributed by atoms with Crippen LogP contribution in [0.4, 0.5) is 0 Å². The first-order valence-electron chi connectivity index (χ1n) is 5.15. The molecule has 2 rings (SSSR count). The maximum absolute atomic E-state index is 11.7. The van der Waals surface area contributed by atoms with Crippen molar-refractivity contribution in [2.75, 3.05) is 13.1 Å². The molecule has 0 aromatic carbocycles. The third-order valence-corrected chi connectivity index (χ3v) is 2.98. The highest BCUT2D eigenvalue weighted by Gasteiger charge is 2.16. The van der Waals surface area contributed by atoms with Crippen molar-refractivity contribution in [3.8, 4) is 0 Å². The molecule has 0 radical (unpaired) electrons. The van der Waals surface area contributed by atoms with Gasteiger partial charge in [0.25, 0.3) is 5.91 Å². The zero-order valence-corrected chi connectivity index (χ0v) is 9.22. The summed E-state index contributed by atoms with van der Waals surface area (Å²) in [7, 11) is 0. The zero-order chi connectivity index (χ0) is 10.5. The van der Waals surface area contributed by atoms with E-state index in [0.717, 1.165) is 25.9 Å². The van der Waals surface area contributed by atoms with Crippen LogP contribution in [0.15, 0.2) is 5.38 Å². The van der Waals surface area contributed by atoms with Crippen LogP contribution in [-0.4, -0.2) is 34.6 Å². The van der Waals surface area contributed by atoms with Crippen LogP contribution in [0.2, 0.25) is 0 Å². The van der Waals surface area contributed by atoms with Gasteiger partial charge in [-0.15, -0.1) is 5.10 Å². The SMILES string of the molecule is O=C(NC1CCCCNC1)c1csnn1. The quantitative estimate of drug-likeness (QED) is 0.766. The second-order valence-corrected chi connectivity index (χ2v) is 4.27. The number of aromatic nitrogens is 2. The highest BCUT2D eigenvalue weighted by molar-refractivity contribution is 7.03. The molecular formula is C9H14N4OS. The van der Waals surface area contributed by atoms with Crippen molar-refractivity contribution in [2.45, 2.75) is 25.3 Å². The molecule has 1 aliphatic heterocycles. The minimum absolute atomic E-state index is 0.113. The van der Waals surface area contributed by atoms with Gasteiger partial charge in [-0.2, -0.15) is 0 Å². The Hall–Kier alpha value is -1.01. The molecule has 1 fully saturated rings. The predicted molar refractivity (Wildman–Crippen MR) is 57.9 cm³/mol. The van der Waals surface area contributed by atoms with E-state index >= 15 is 0 Å². The molecule has 0 bridgehead atoms. The van der Waals surface area contributed by atoms with Gasteiger partial charge in [0.15, 0.2) is 5.69 Å². The van der Waals surface area contributed by atoms with E-state index in [4.69, 9.17) is 0 Å². The lowest BCUT2D eigenvalue weighted by atomic mass is 10.1. The summed E-state index contributed by atoms with van der Waals surface area (Å²) < 4.78 is 3.67. The lowest BCUT2D eigenvalue weighted by Gasteiger charge is -2.15. The molecule has 0 saturated carbocycles. The highest BCUT2D eigenvalue weighted by Crippen LogP contribution is 2.05. The second-order valence-electron chi connectivity index (χ2n) is 3.66. The first-order chi connectivity index (χ1) is 7.36. The Bertz CT molecular complexity index is 306. The molecule has 2 heterocycles. The van der Waals surface area contributed by atoms with Crippen LogP contribution in [-0.2, 0) is 0 Å². The number of hydrogen-bond acceptors (Lipinski definition) is 5. The zero-order valence-electron chi connectivity index (χ0n) is 8.40. The summed E-state index contributed by atoms with van der Waals surface area (Å²) >= 11 is 1.20. The maximum Gasteiger partial charge on any atom is 0.272 e. The standard InChI is InChI=1S/C9H14N4OS/c14-9(8-6-15-13-12-8)11-7-3-1-2-4-10-5-7/h6-7,10H,1-5H2,(H,11,14). The Morgan fingerprint density at radius 3 is 3.33 bits per heavy atom. The topological polar surface area (TPSA) is 66.9 Å². The average molecular weight is 226 g/mol. The molecule has 1 aromatic rings. The van der Waals surface area contributed by atoms with Gasteiger partial charge in [-0.25, -0.2) is 0 Å². The Morgan fingerprint density at radius 1 is 1.60 bits per heavy atom. The lowest BCUT2D eigenvalue weighted by Crippen LogP contribution is -2.40. The van der Waals surface area contributed by atoms with Crippen molar-refractivity contribution in [3.63, 3.8) is 0 Å². The van der Waals surface area contributed by atoms with Gasteiger partial charge < -0.3 is 10.6 Å². The molecule has 1 atom stereocenters. The second kappa shape index (κ2) is 5.18. The van der Waals surface area contributed by atoms with Gasteiger partial charge in [-0.1, -0.05) is 10.9 Å². The summed E-state index contributed by atoms with van der Waals surface area (Å²) in [4.78, 5) is 11.7. The van der Waals surface area contributed by atoms with E-state index in [1.165, 1.54) is 18.0 Å². The van der Waals surface area contributed by atoms with E-state index < -0.39 is 0 Å². The van der Waals surface area contributed by atoms with E-state index in [1.54, 1.807) is 5.38 Å². The van der Waals surface area contributed by atoms with E-state index in [-0.39, 0.29) is 11.9 Å². The fourth-order valence-electron chi connectivity index (χ4n) is 1.67. The lowest BCUT2D eigenvalue weighted by molar-refractivity contribution is 0.0930. The van der Waals surface area contributed by atoms with Crippen LogP contribution < -0.4 is 10.6 Å². The monoisotopic (exact) mass is 226 g/mol. The minimum atomic E-state index is -0.113. The van der Waals surface area contributed by atoms with Crippen molar-refractivity contribution < 1.29 is 4.79 Å². The first kappa shape index (κ1) is 10.5.